The summed E-state index contributed by atoms with van der Waals surface area (Å²) in [6.07, 6.45) is 3.75. The number of hydrogen-bond donors (Lipinski definition) is 2. The molecule has 1 aromatic carbocycles. The first-order valence-corrected chi connectivity index (χ1v) is 9.51. The Bertz CT molecular complexity index is 794. The van der Waals surface area contributed by atoms with E-state index in [0.717, 1.165) is 42.8 Å². The predicted octanol–water partition coefficient (Wildman–Crippen LogP) is 3.04. The number of piperidine rings is 1. The smallest absolute Gasteiger partial charge is 0.273 e. The molecule has 0 spiro atoms. The molecule has 0 bridgehead atoms. The summed E-state index contributed by atoms with van der Waals surface area (Å²) in [5, 5.41) is 14.5. The van der Waals surface area contributed by atoms with Crippen LogP contribution in [0.4, 0.5) is 0 Å². The maximum Gasteiger partial charge on any atom is 0.273 e. The van der Waals surface area contributed by atoms with E-state index in [1.54, 1.807) is 6.20 Å². The van der Waals surface area contributed by atoms with Gasteiger partial charge in [0.2, 0.25) is 0 Å². The number of nitrogens with one attached hydrogen (secondary N) is 2. The number of carbonyl (C=O) groups is 1. The molecule has 2 aromatic rings. The molecule has 0 aliphatic carbocycles. The number of aryl methyl sites for hydroxylation is 1. The highest BCUT2D eigenvalue weighted by molar-refractivity contribution is 5.91. The highest BCUT2D eigenvalue weighted by atomic mass is 35.5. The molecule has 2 N–H and O–H groups in total. The zero-order chi connectivity index (χ0) is 19.4. The lowest BCUT2D eigenvalue weighted by Gasteiger charge is -2.23. The number of ether oxygens (including phenoxy) is 1. The monoisotopic (exact) mass is 407 g/mol. The highest BCUT2D eigenvalue weighted by Crippen LogP contribution is 2.25. The van der Waals surface area contributed by atoms with E-state index in [0.29, 0.717) is 18.3 Å². The third-order valence-corrected chi connectivity index (χ3v) is 4.50. The Labute approximate surface area is 172 Å². The van der Waals surface area contributed by atoms with Gasteiger partial charge in [0.15, 0.2) is 5.69 Å². The third-order valence-electron chi connectivity index (χ3n) is 4.50. The predicted molar refractivity (Wildman–Crippen MR) is 111 cm³/mol. The number of halogens is 1. The van der Waals surface area contributed by atoms with Gasteiger partial charge in [-0.05, 0) is 65.3 Å². The van der Waals surface area contributed by atoms with Crippen LogP contribution in [0.1, 0.15) is 61.3 Å². The van der Waals surface area contributed by atoms with Crippen molar-refractivity contribution >= 4 is 18.3 Å². The minimum Gasteiger partial charge on any atom is -0.488 e. The van der Waals surface area contributed by atoms with Crippen LogP contribution in [0.3, 0.4) is 0 Å². The van der Waals surface area contributed by atoms with E-state index in [1.807, 2.05) is 50.6 Å². The van der Waals surface area contributed by atoms with Crippen LogP contribution in [0, 0.1) is 6.92 Å². The average molecular weight is 408 g/mol. The van der Waals surface area contributed by atoms with Crippen LogP contribution < -0.4 is 15.4 Å². The van der Waals surface area contributed by atoms with Crippen molar-refractivity contribution in [1.82, 2.24) is 25.6 Å². The molecule has 3 rings (SSSR count). The highest BCUT2D eigenvalue weighted by Gasteiger charge is 2.19. The Kier molecular flexibility index (Phi) is 7.43. The molecule has 8 heteroatoms. The molecular weight excluding hydrogens is 378 g/mol. The molecule has 0 atom stereocenters. The molecule has 1 aliphatic rings. The van der Waals surface area contributed by atoms with Gasteiger partial charge in [0.05, 0.1) is 12.2 Å². The van der Waals surface area contributed by atoms with Crippen molar-refractivity contribution in [2.75, 3.05) is 13.1 Å². The molecule has 28 heavy (non-hydrogen) atoms. The molecule has 1 aromatic heterocycles. The van der Waals surface area contributed by atoms with Gasteiger partial charge >= 0.3 is 0 Å². The van der Waals surface area contributed by atoms with E-state index >= 15 is 0 Å². The molecule has 1 fully saturated rings. The molecule has 1 amide bonds. The summed E-state index contributed by atoms with van der Waals surface area (Å²) >= 11 is 0. The summed E-state index contributed by atoms with van der Waals surface area (Å²) in [7, 11) is 0. The maximum atomic E-state index is 12.5. The molecule has 1 saturated heterocycles. The zero-order valence-electron chi connectivity index (χ0n) is 17.0. The second kappa shape index (κ2) is 9.39. The maximum absolute atomic E-state index is 12.5. The van der Waals surface area contributed by atoms with E-state index in [2.05, 4.69) is 20.9 Å². The van der Waals surface area contributed by atoms with Gasteiger partial charge in [0, 0.05) is 12.1 Å². The summed E-state index contributed by atoms with van der Waals surface area (Å²) in [5.41, 5.74) is 2.10. The lowest BCUT2D eigenvalue weighted by molar-refractivity contribution is 0.0944. The van der Waals surface area contributed by atoms with Gasteiger partial charge in [-0.25, -0.2) is 4.68 Å². The van der Waals surface area contributed by atoms with Gasteiger partial charge < -0.3 is 15.4 Å². The molecule has 154 valence electrons. The van der Waals surface area contributed by atoms with Gasteiger partial charge in [-0.1, -0.05) is 17.3 Å². The number of nitrogens with zero attached hydrogens (tertiary/aromatic N) is 3. The van der Waals surface area contributed by atoms with Gasteiger partial charge in [-0.3, -0.25) is 4.79 Å². The summed E-state index contributed by atoms with van der Waals surface area (Å²) in [4.78, 5) is 12.5. The normalized spacial score (nSPS) is 15.0. The quantitative estimate of drug-likeness (QED) is 0.796. The number of rotatable bonds is 5. The van der Waals surface area contributed by atoms with E-state index in [4.69, 9.17) is 4.74 Å². The number of amides is 1. The molecular formula is C20H30ClN5O2. The number of aromatic nitrogens is 3. The van der Waals surface area contributed by atoms with Crippen molar-refractivity contribution in [3.05, 3.63) is 41.2 Å². The van der Waals surface area contributed by atoms with Crippen LogP contribution in [-0.2, 0) is 6.54 Å². The Hall–Kier alpha value is -2.12. The first-order chi connectivity index (χ1) is 12.8. The van der Waals surface area contributed by atoms with Gasteiger partial charge in [-0.15, -0.1) is 17.5 Å². The van der Waals surface area contributed by atoms with Crippen molar-refractivity contribution in [2.45, 2.75) is 58.7 Å². The molecule has 2 heterocycles. The standard InChI is InChI=1S/C20H29N5O2.ClH/c1-14-5-6-15(18(11-14)27-20(2,3)4)12-22-19(26)17-13-25(24-23-17)16-7-9-21-10-8-16;/h5-6,11,13,16,21H,7-10,12H2,1-4H3,(H,22,26);1H. The summed E-state index contributed by atoms with van der Waals surface area (Å²) in [6, 6.07) is 6.32. The van der Waals surface area contributed by atoms with Gasteiger partial charge in [-0.2, -0.15) is 0 Å². The van der Waals surface area contributed by atoms with E-state index in [9.17, 15) is 4.79 Å². The van der Waals surface area contributed by atoms with E-state index in [1.165, 1.54) is 0 Å². The first kappa shape index (κ1) is 22.2. The molecule has 7 nitrogen and oxygen atoms in total. The van der Waals surface area contributed by atoms with Crippen LogP contribution in [0.25, 0.3) is 0 Å². The summed E-state index contributed by atoms with van der Waals surface area (Å²) in [6.45, 7) is 10.4. The summed E-state index contributed by atoms with van der Waals surface area (Å²) in [5.74, 6) is 0.568. The van der Waals surface area contributed by atoms with Gasteiger partial charge in [0.25, 0.3) is 5.91 Å². The van der Waals surface area contributed by atoms with Crippen LogP contribution in [0.5, 0.6) is 5.75 Å². The number of hydrogen-bond acceptors (Lipinski definition) is 5. The molecule has 1 aliphatic heterocycles. The minimum absolute atomic E-state index is 0. The lowest BCUT2D eigenvalue weighted by Crippen LogP contribution is -2.29. The minimum atomic E-state index is -0.301. The number of benzene rings is 1. The van der Waals surface area contributed by atoms with Crippen molar-refractivity contribution in [1.29, 1.82) is 0 Å². The topological polar surface area (TPSA) is 81.1 Å². The second-order valence-corrected chi connectivity index (χ2v) is 8.07. The lowest BCUT2D eigenvalue weighted by atomic mass is 10.1. The fraction of sp³-hybridized carbons (Fsp3) is 0.550. The van der Waals surface area contributed by atoms with Crippen LogP contribution in [0.2, 0.25) is 0 Å². The van der Waals surface area contributed by atoms with Crippen molar-refractivity contribution in [3.63, 3.8) is 0 Å². The average Bonchev–Trinajstić information content (AvgIpc) is 3.10. The molecule has 0 unspecified atom stereocenters. The zero-order valence-corrected chi connectivity index (χ0v) is 17.8. The van der Waals surface area contributed by atoms with Crippen molar-refractivity contribution in [2.24, 2.45) is 0 Å². The first-order valence-electron chi connectivity index (χ1n) is 9.51. The largest absolute Gasteiger partial charge is 0.488 e. The van der Waals surface area contributed by atoms with Crippen molar-refractivity contribution < 1.29 is 9.53 Å². The Morgan fingerprint density at radius 2 is 2.04 bits per heavy atom. The van der Waals surface area contributed by atoms with Crippen LogP contribution in [0.15, 0.2) is 24.4 Å². The molecule has 0 saturated carbocycles. The van der Waals surface area contributed by atoms with E-state index in [-0.39, 0.29) is 23.9 Å². The second-order valence-electron chi connectivity index (χ2n) is 8.07. The Balaban J connectivity index is 0.00000280. The Morgan fingerprint density at radius 1 is 1.32 bits per heavy atom. The van der Waals surface area contributed by atoms with Crippen LogP contribution in [-0.4, -0.2) is 39.6 Å². The van der Waals surface area contributed by atoms with Gasteiger partial charge in [0.1, 0.15) is 11.4 Å². The van der Waals surface area contributed by atoms with Crippen LogP contribution >= 0.6 is 12.4 Å². The number of carbonyl (C=O) groups excluding carboxylic acids is 1. The fourth-order valence-electron chi connectivity index (χ4n) is 3.13. The fourth-order valence-corrected chi connectivity index (χ4v) is 3.13. The molecule has 0 radical (unpaired) electrons. The Morgan fingerprint density at radius 3 is 2.71 bits per heavy atom. The van der Waals surface area contributed by atoms with E-state index < -0.39 is 0 Å². The SMILES string of the molecule is Cc1ccc(CNC(=O)c2cn(C3CCNCC3)nn2)c(OC(C)(C)C)c1.Cl. The van der Waals surface area contributed by atoms with Crippen molar-refractivity contribution in [3.8, 4) is 5.75 Å². The summed E-state index contributed by atoms with van der Waals surface area (Å²) < 4.78 is 7.86. The third kappa shape index (κ3) is 5.94.